The Labute approximate surface area is 172 Å². The first-order valence-electron chi connectivity index (χ1n) is 9.67. The lowest BCUT2D eigenvalue weighted by Crippen LogP contribution is -2.48. The van der Waals surface area contributed by atoms with Crippen LogP contribution in [0.1, 0.15) is 19.8 Å². The summed E-state index contributed by atoms with van der Waals surface area (Å²) in [5, 5.41) is 0. The van der Waals surface area contributed by atoms with Crippen molar-refractivity contribution in [2.75, 3.05) is 43.9 Å². The molecule has 0 unspecified atom stereocenters. The summed E-state index contributed by atoms with van der Waals surface area (Å²) in [5.41, 5.74) is 1.18. The topological polar surface area (TPSA) is 49.9 Å². The van der Waals surface area contributed by atoms with Gasteiger partial charge in [0.05, 0.1) is 17.2 Å². The Balaban J connectivity index is 1.64. The van der Waals surface area contributed by atoms with Crippen molar-refractivity contribution in [1.82, 2.24) is 4.31 Å². The molecule has 0 aromatic heterocycles. The molecule has 0 saturated carbocycles. The summed E-state index contributed by atoms with van der Waals surface area (Å²) in [6.07, 6.45) is 4.12. The smallest absolute Gasteiger partial charge is 0.243 e. The van der Waals surface area contributed by atoms with Crippen LogP contribution < -0.4 is 9.64 Å². The molecule has 0 bridgehead atoms. The summed E-state index contributed by atoms with van der Waals surface area (Å²) in [6.45, 7) is 5.12. The molecule has 3 rings (SSSR count). The third-order valence-electron chi connectivity index (χ3n) is 4.89. The molecular weight excluding hydrogens is 392 g/mol. The normalized spacial score (nSPS) is 15.6. The van der Waals surface area contributed by atoms with Gasteiger partial charge in [0.2, 0.25) is 10.0 Å². The molecule has 0 atom stereocenters. The van der Waals surface area contributed by atoms with E-state index in [0.717, 1.165) is 12.8 Å². The molecule has 1 saturated heterocycles. The lowest BCUT2D eigenvalue weighted by molar-refractivity contribution is 0.309. The van der Waals surface area contributed by atoms with E-state index in [1.165, 1.54) is 10.6 Å². The molecule has 28 heavy (non-hydrogen) atoms. The van der Waals surface area contributed by atoms with Gasteiger partial charge in [-0.2, -0.15) is 4.31 Å². The van der Waals surface area contributed by atoms with Crippen molar-refractivity contribution < 1.29 is 13.2 Å². The minimum absolute atomic E-state index is 0.327. The van der Waals surface area contributed by atoms with Crippen molar-refractivity contribution >= 4 is 27.5 Å². The van der Waals surface area contributed by atoms with E-state index >= 15 is 0 Å². The highest BCUT2D eigenvalue weighted by molar-refractivity contribution is 7.98. The standard InChI is InChI=1S/C21H28N2O3S2/c1-3-4-17-26-18-9-11-19(12-10-18)28(24,25)23-15-13-22(14-16-23)20-7-5-6-8-21(20)27-2/h5-12H,3-4,13-17H2,1-2H3. The summed E-state index contributed by atoms with van der Waals surface area (Å²) < 4.78 is 33.2. The van der Waals surface area contributed by atoms with Crippen LogP contribution in [0.25, 0.3) is 0 Å². The summed E-state index contributed by atoms with van der Waals surface area (Å²) in [6, 6.07) is 15.0. The van der Waals surface area contributed by atoms with E-state index in [2.05, 4.69) is 30.2 Å². The predicted molar refractivity (Wildman–Crippen MR) is 116 cm³/mol. The molecule has 5 nitrogen and oxygen atoms in total. The minimum atomic E-state index is -3.48. The first-order chi connectivity index (χ1) is 13.6. The average molecular weight is 421 g/mol. The van der Waals surface area contributed by atoms with Gasteiger partial charge in [-0.1, -0.05) is 25.5 Å². The Morgan fingerprint density at radius 2 is 1.68 bits per heavy atom. The van der Waals surface area contributed by atoms with Crippen LogP contribution >= 0.6 is 11.8 Å². The van der Waals surface area contributed by atoms with E-state index in [4.69, 9.17) is 4.74 Å². The van der Waals surface area contributed by atoms with Crippen LogP contribution in [-0.2, 0) is 10.0 Å². The number of rotatable bonds is 8. The van der Waals surface area contributed by atoms with Crippen molar-refractivity contribution in [2.45, 2.75) is 29.6 Å². The summed E-state index contributed by atoms with van der Waals surface area (Å²) in [5.74, 6) is 0.714. The Hall–Kier alpha value is -1.70. The van der Waals surface area contributed by atoms with Gasteiger partial charge in [-0.3, -0.25) is 0 Å². The molecule has 1 aliphatic heterocycles. The van der Waals surface area contributed by atoms with Crippen LogP contribution in [0.2, 0.25) is 0 Å². The van der Waals surface area contributed by atoms with Crippen LogP contribution in [0.3, 0.4) is 0 Å². The van der Waals surface area contributed by atoms with Crippen LogP contribution in [0, 0.1) is 0 Å². The zero-order chi connectivity index (χ0) is 20.0. The van der Waals surface area contributed by atoms with E-state index in [1.54, 1.807) is 40.3 Å². The van der Waals surface area contributed by atoms with Gasteiger partial charge in [-0.05, 0) is 49.1 Å². The molecule has 7 heteroatoms. The largest absolute Gasteiger partial charge is 0.494 e. The summed E-state index contributed by atoms with van der Waals surface area (Å²) in [7, 11) is -3.48. The molecule has 1 heterocycles. The molecule has 1 fully saturated rings. The van der Waals surface area contributed by atoms with Crippen LogP contribution in [-0.4, -0.2) is 51.8 Å². The maximum atomic E-state index is 13.0. The fourth-order valence-electron chi connectivity index (χ4n) is 3.25. The maximum absolute atomic E-state index is 13.0. The van der Waals surface area contributed by atoms with Crippen LogP contribution in [0.15, 0.2) is 58.3 Å². The third-order valence-corrected chi connectivity index (χ3v) is 7.59. The number of ether oxygens (including phenoxy) is 1. The first-order valence-corrected chi connectivity index (χ1v) is 12.3. The predicted octanol–water partition coefficient (Wildman–Crippen LogP) is 4.10. The quantitative estimate of drug-likeness (QED) is 0.475. The third kappa shape index (κ3) is 4.82. The molecule has 2 aromatic rings. The number of hydrogen-bond donors (Lipinski definition) is 0. The fourth-order valence-corrected chi connectivity index (χ4v) is 5.29. The molecule has 0 spiro atoms. The number of benzene rings is 2. The Bertz CT molecular complexity index is 861. The molecule has 1 aliphatic rings. The Kier molecular flexibility index (Phi) is 7.26. The van der Waals surface area contributed by atoms with Gasteiger partial charge in [-0.15, -0.1) is 11.8 Å². The van der Waals surface area contributed by atoms with Crippen molar-refractivity contribution in [3.63, 3.8) is 0 Å². The lowest BCUT2D eigenvalue weighted by Gasteiger charge is -2.36. The lowest BCUT2D eigenvalue weighted by atomic mass is 10.2. The van der Waals surface area contributed by atoms with Crippen molar-refractivity contribution in [3.05, 3.63) is 48.5 Å². The van der Waals surface area contributed by atoms with E-state index in [-0.39, 0.29) is 0 Å². The van der Waals surface area contributed by atoms with E-state index in [9.17, 15) is 8.42 Å². The van der Waals surface area contributed by atoms with E-state index in [0.29, 0.717) is 43.4 Å². The molecule has 152 valence electrons. The number of thioether (sulfide) groups is 1. The minimum Gasteiger partial charge on any atom is -0.494 e. The van der Waals surface area contributed by atoms with Gasteiger partial charge in [-0.25, -0.2) is 8.42 Å². The number of anilines is 1. The highest BCUT2D eigenvalue weighted by atomic mass is 32.2. The molecular formula is C21H28N2O3S2. The fraction of sp³-hybridized carbons (Fsp3) is 0.429. The van der Waals surface area contributed by atoms with Crippen molar-refractivity contribution in [3.8, 4) is 5.75 Å². The monoisotopic (exact) mass is 420 g/mol. The number of unbranched alkanes of at least 4 members (excludes halogenated alkanes) is 1. The zero-order valence-corrected chi connectivity index (χ0v) is 18.1. The van der Waals surface area contributed by atoms with E-state index in [1.807, 2.05) is 12.1 Å². The summed E-state index contributed by atoms with van der Waals surface area (Å²) in [4.78, 5) is 3.81. The van der Waals surface area contributed by atoms with Gasteiger partial charge in [0.1, 0.15) is 5.75 Å². The van der Waals surface area contributed by atoms with Gasteiger partial charge >= 0.3 is 0 Å². The molecule has 0 N–H and O–H groups in total. The van der Waals surface area contributed by atoms with Crippen molar-refractivity contribution in [1.29, 1.82) is 0 Å². The average Bonchev–Trinajstić information content (AvgIpc) is 2.74. The molecule has 2 aromatic carbocycles. The van der Waals surface area contributed by atoms with Gasteiger partial charge in [0, 0.05) is 31.1 Å². The van der Waals surface area contributed by atoms with Gasteiger partial charge in [0.25, 0.3) is 0 Å². The zero-order valence-electron chi connectivity index (χ0n) is 16.5. The second-order valence-electron chi connectivity index (χ2n) is 6.74. The Morgan fingerprint density at radius 1 is 1.00 bits per heavy atom. The first kappa shape index (κ1) is 21.0. The SMILES string of the molecule is CCCCOc1ccc(S(=O)(=O)N2CCN(c3ccccc3SC)CC2)cc1. The number of sulfonamides is 1. The highest BCUT2D eigenvalue weighted by Crippen LogP contribution is 2.30. The number of para-hydroxylation sites is 1. The Morgan fingerprint density at radius 3 is 2.32 bits per heavy atom. The number of hydrogen-bond acceptors (Lipinski definition) is 5. The van der Waals surface area contributed by atoms with Gasteiger partial charge in [0.15, 0.2) is 0 Å². The molecule has 0 amide bonds. The van der Waals surface area contributed by atoms with Crippen molar-refractivity contribution in [2.24, 2.45) is 0 Å². The second-order valence-corrected chi connectivity index (χ2v) is 9.52. The maximum Gasteiger partial charge on any atom is 0.243 e. The highest BCUT2D eigenvalue weighted by Gasteiger charge is 2.29. The van der Waals surface area contributed by atoms with Crippen LogP contribution in [0.4, 0.5) is 5.69 Å². The van der Waals surface area contributed by atoms with Crippen LogP contribution in [0.5, 0.6) is 5.75 Å². The number of nitrogens with zero attached hydrogens (tertiary/aromatic N) is 2. The second kappa shape index (κ2) is 9.67. The van der Waals surface area contributed by atoms with E-state index < -0.39 is 10.0 Å². The number of piperazine rings is 1. The molecule has 0 aliphatic carbocycles. The molecule has 0 radical (unpaired) electrons. The summed E-state index contributed by atoms with van der Waals surface area (Å²) >= 11 is 1.72. The van der Waals surface area contributed by atoms with Gasteiger partial charge < -0.3 is 9.64 Å².